The Kier molecular flexibility index (Phi) is 8.66. The first-order valence-corrected chi connectivity index (χ1v) is 9.91. The maximum atomic E-state index is 14.0. The van der Waals surface area contributed by atoms with Crippen LogP contribution < -0.4 is 5.32 Å². The molecule has 0 saturated carbocycles. The van der Waals surface area contributed by atoms with Gasteiger partial charge in [0.25, 0.3) is 0 Å². The van der Waals surface area contributed by atoms with Gasteiger partial charge >= 0.3 is 0 Å². The molecule has 0 fully saturated rings. The molecule has 150 valence electrons. The highest BCUT2D eigenvalue weighted by atomic mass is 19.1. The Balaban J connectivity index is 2.22. The lowest BCUT2D eigenvalue weighted by atomic mass is 10.1. The van der Waals surface area contributed by atoms with Crippen LogP contribution in [0.4, 0.5) is 4.39 Å². The van der Waals surface area contributed by atoms with E-state index in [4.69, 9.17) is 0 Å². The monoisotopic (exact) mass is 384 g/mol. The van der Waals surface area contributed by atoms with Crippen LogP contribution in [0.15, 0.2) is 54.6 Å². The number of benzene rings is 2. The lowest BCUT2D eigenvalue weighted by Gasteiger charge is -2.31. The molecule has 2 rings (SSSR count). The molecule has 0 saturated heterocycles. The van der Waals surface area contributed by atoms with Gasteiger partial charge in [0.1, 0.15) is 11.9 Å². The van der Waals surface area contributed by atoms with Crippen LogP contribution in [0.5, 0.6) is 0 Å². The molecule has 0 bridgehead atoms. The quantitative estimate of drug-likeness (QED) is 0.627. The first-order chi connectivity index (χ1) is 13.6. The smallest absolute Gasteiger partial charge is 0.242 e. The molecule has 0 aliphatic carbocycles. The fraction of sp³-hybridized carbons (Fsp3) is 0.391. The van der Waals surface area contributed by atoms with Gasteiger partial charge in [-0.15, -0.1) is 0 Å². The largest absolute Gasteiger partial charge is 0.354 e. The average molecular weight is 384 g/mol. The predicted octanol–water partition coefficient (Wildman–Crippen LogP) is 4.09. The van der Waals surface area contributed by atoms with E-state index in [0.29, 0.717) is 25.1 Å². The van der Waals surface area contributed by atoms with Crippen molar-refractivity contribution in [2.45, 2.75) is 52.1 Å². The Hall–Kier alpha value is -2.69. The minimum atomic E-state index is -0.587. The Morgan fingerprint density at radius 2 is 1.71 bits per heavy atom. The molecule has 0 aliphatic heterocycles. The first-order valence-electron chi connectivity index (χ1n) is 9.91. The number of hydrogen-bond donors (Lipinski definition) is 1. The summed E-state index contributed by atoms with van der Waals surface area (Å²) in [6, 6.07) is 15.2. The minimum absolute atomic E-state index is 0.0712. The Labute approximate surface area is 166 Å². The third kappa shape index (κ3) is 6.19. The molecule has 0 aromatic heterocycles. The molecule has 0 heterocycles. The number of carbonyl (C=O) groups is 2. The molecule has 0 aliphatic rings. The van der Waals surface area contributed by atoms with Crippen LogP contribution in [0, 0.1) is 5.82 Å². The first kappa shape index (κ1) is 21.6. The highest BCUT2D eigenvalue weighted by molar-refractivity contribution is 5.88. The van der Waals surface area contributed by atoms with Crippen molar-refractivity contribution in [2.24, 2.45) is 0 Å². The summed E-state index contributed by atoms with van der Waals surface area (Å²) in [4.78, 5) is 27.4. The SMILES string of the molecule is CCCCNC(=O)[C@@H](CC)N(Cc1ccccc1)C(=O)Cc1ccccc1F. The summed E-state index contributed by atoms with van der Waals surface area (Å²) >= 11 is 0. The van der Waals surface area contributed by atoms with Crippen LogP contribution in [-0.2, 0) is 22.6 Å². The van der Waals surface area contributed by atoms with Crippen molar-refractivity contribution in [1.82, 2.24) is 10.2 Å². The molecule has 5 heteroatoms. The fourth-order valence-electron chi connectivity index (χ4n) is 3.11. The van der Waals surface area contributed by atoms with E-state index in [-0.39, 0.29) is 18.2 Å². The fourth-order valence-corrected chi connectivity index (χ4v) is 3.11. The molecule has 2 aromatic rings. The summed E-state index contributed by atoms with van der Waals surface area (Å²) in [7, 11) is 0. The number of carbonyl (C=O) groups excluding carboxylic acids is 2. The highest BCUT2D eigenvalue weighted by Gasteiger charge is 2.28. The zero-order valence-corrected chi connectivity index (χ0v) is 16.7. The number of hydrogen-bond acceptors (Lipinski definition) is 2. The van der Waals surface area contributed by atoms with Crippen LogP contribution in [0.2, 0.25) is 0 Å². The third-order valence-electron chi connectivity index (χ3n) is 4.71. The van der Waals surface area contributed by atoms with E-state index in [9.17, 15) is 14.0 Å². The second-order valence-corrected chi connectivity index (χ2v) is 6.84. The molecule has 0 spiro atoms. The number of unbranched alkanes of at least 4 members (excludes halogenated alkanes) is 1. The summed E-state index contributed by atoms with van der Waals surface area (Å²) in [5, 5.41) is 2.92. The zero-order valence-electron chi connectivity index (χ0n) is 16.7. The van der Waals surface area contributed by atoms with Gasteiger partial charge in [0.2, 0.25) is 11.8 Å². The van der Waals surface area contributed by atoms with E-state index >= 15 is 0 Å². The molecule has 0 unspecified atom stereocenters. The molecule has 28 heavy (non-hydrogen) atoms. The van der Waals surface area contributed by atoms with Gasteiger partial charge in [0.05, 0.1) is 6.42 Å². The van der Waals surface area contributed by atoms with E-state index in [1.54, 1.807) is 23.1 Å². The van der Waals surface area contributed by atoms with Crippen LogP contribution in [0.1, 0.15) is 44.2 Å². The van der Waals surface area contributed by atoms with Crippen molar-refractivity contribution < 1.29 is 14.0 Å². The summed E-state index contributed by atoms with van der Waals surface area (Å²) in [6.07, 6.45) is 2.30. The van der Waals surface area contributed by atoms with Gasteiger partial charge in [-0.1, -0.05) is 68.8 Å². The summed E-state index contributed by atoms with van der Waals surface area (Å²) in [5.41, 5.74) is 1.27. The number of nitrogens with one attached hydrogen (secondary N) is 1. The van der Waals surface area contributed by atoms with Crippen molar-refractivity contribution in [3.63, 3.8) is 0 Å². The van der Waals surface area contributed by atoms with Crippen molar-refractivity contribution in [3.05, 3.63) is 71.5 Å². The Morgan fingerprint density at radius 1 is 1.04 bits per heavy atom. The van der Waals surface area contributed by atoms with Gasteiger partial charge in [-0.25, -0.2) is 4.39 Å². The van der Waals surface area contributed by atoms with Crippen molar-refractivity contribution in [3.8, 4) is 0 Å². The van der Waals surface area contributed by atoms with E-state index in [1.165, 1.54) is 6.07 Å². The van der Waals surface area contributed by atoms with Gasteiger partial charge in [-0.05, 0) is 30.0 Å². The predicted molar refractivity (Wildman–Crippen MR) is 109 cm³/mol. The highest BCUT2D eigenvalue weighted by Crippen LogP contribution is 2.16. The number of halogens is 1. The summed E-state index contributed by atoms with van der Waals surface area (Å²) in [6.45, 7) is 4.85. The molecular weight excluding hydrogens is 355 g/mol. The molecule has 2 aromatic carbocycles. The van der Waals surface area contributed by atoms with Crippen LogP contribution in [0.3, 0.4) is 0 Å². The second-order valence-electron chi connectivity index (χ2n) is 6.84. The maximum absolute atomic E-state index is 14.0. The van der Waals surface area contributed by atoms with Crippen LogP contribution >= 0.6 is 0 Å². The lowest BCUT2D eigenvalue weighted by Crippen LogP contribution is -2.49. The molecule has 1 atom stereocenters. The van der Waals surface area contributed by atoms with Gasteiger partial charge in [0, 0.05) is 13.1 Å². The third-order valence-corrected chi connectivity index (χ3v) is 4.71. The van der Waals surface area contributed by atoms with Crippen molar-refractivity contribution in [2.75, 3.05) is 6.54 Å². The van der Waals surface area contributed by atoms with Crippen molar-refractivity contribution >= 4 is 11.8 Å². The van der Waals surface area contributed by atoms with Gasteiger partial charge in [-0.2, -0.15) is 0 Å². The average Bonchev–Trinajstić information content (AvgIpc) is 2.70. The van der Waals surface area contributed by atoms with Gasteiger partial charge in [-0.3, -0.25) is 9.59 Å². The van der Waals surface area contributed by atoms with E-state index in [0.717, 1.165) is 18.4 Å². The van der Waals surface area contributed by atoms with Crippen molar-refractivity contribution in [1.29, 1.82) is 0 Å². The van der Waals surface area contributed by atoms with E-state index in [2.05, 4.69) is 12.2 Å². The maximum Gasteiger partial charge on any atom is 0.242 e. The molecular formula is C23H29FN2O2. The molecule has 1 N–H and O–H groups in total. The van der Waals surface area contributed by atoms with Crippen LogP contribution in [0.25, 0.3) is 0 Å². The molecule has 4 nitrogen and oxygen atoms in total. The lowest BCUT2D eigenvalue weighted by molar-refractivity contribution is -0.141. The van der Waals surface area contributed by atoms with E-state index in [1.807, 2.05) is 37.3 Å². The standard InChI is InChI=1S/C23H29FN2O2/c1-3-5-15-25-23(28)21(4-2)26(17-18-11-7-6-8-12-18)22(27)16-19-13-9-10-14-20(19)24/h6-14,21H,3-5,15-17H2,1-2H3,(H,25,28)/t21-/m1/s1. The second kappa shape index (κ2) is 11.2. The summed E-state index contributed by atoms with van der Waals surface area (Å²) in [5.74, 6) is -0.823. The number of amides is 2. The number of rotatable bonds is 10. The minimum Gasteiger partial charge on any atom is -0.354 e. The van der Waals surface area contributed by atoms with E-state index < -0.39 is 11.9 Å². The molecule has 0 radical (unpaired) electrons. The Bertz CT molecular complexity index is 764. The normalized spacial score (nSPS) is 11.7. The van der Waals surface area contributed by atoms with Crippen LogP contribution in [-0.4, -0.2) is 29.3 Å². The molecule has 2 amide bonds. The summed E-state index contributed by atoms with van der Waals surface area (Å²) < 4.78 is 14.0. The Morgan fingerprint density at radius 3 is 2.36 bits per heavy atom. The topological polar surface area (TPSA) is 49.4 Å². The van der Waals surface area contributed by atoms with Gasteiger partial charge in [0.15, 0.2) is 0 Å². The zero-order chi connectivity index (χ0) is 20.4. The number of nitrogens with zero attached hydrogens (tertiary/aromatic N) is 1. The van der Waals surface area contributed by atoms with Gasteiger partial charge < -0.3 is 10.2 Å².